The van der Waals surface area contributed by atoms with Crippen LogP contribution >= 0.6 is 0 Å². The van der Waals surface area contributed by atoms with Crippen LogP contribution in [0.15, 0.2) is 77.4 Å². The van der Waals surface area contributed by atoms with Gasteiger partial charge in [0, 0.05) is 38.4 Å². The van der Waals surface area contributed by atoms with E-state index in [-0.39, 0.29) is 17.6 Å². The van der Waals surface area contributed by atoms with Crippen LogP contribution in [0.1, 0.15) is 23.0 Å². The standard InChI is InChI=1S/C25H27N3O4/c1-19(25(30)28-15-13-27(14-16-28)18-20-6-3-2-4-7-20)32-22-11-9-21(10-12-22)26-24(29)23-8-5-17-31-23/h2-12,17,19H,13-16,18H2,1H3,(H,26,29)/t19-/m1/s1. The van der Waals surface area contributed by atoms with Crippen LogP contribution in [0.25, 0.3) is 0 Å². The molecule has 1 aromatic heterocycles. The monoisotopic (exact) mass is 433 g/mol. The lowest BCUT2D eigenvalue weighted by Crippen LogP contribution is -2.51. The number of ether oxygens (including phenoxy) is 1. The van der Waals surface area contributed by atoms with E-state index in [4.69, 9.17) is 9.15 Å². The number of anilines is 1. The molecule has 1 saturated heterocycles. The Bertz CT molecular complexity index is 1010. The quantitative estimate of drug-likeness (QED) is 0.616. The summed E-state index contributed by atoms with van der Waals surface area (Å²) >= 11 is 0. The summed E-state index contributed by atoms with van der Waals surface area (Å²) in [6.45, 7) is 5.74. The summed E-state index contributed by atoms with van der Waals surface area (Å²) < 4.78 is 10.9. The van der Waals surface area contributed by atoms with Gasteiger partial charge in [-0.25, -0.2) is 0 Å². The van der Waals surface area contributed by atoms with Crippen molar-refractivity contribution in [2.24, 2.45) is 0 Å². The van der Waals surface area contributed by atoms with E-state index in [0.29, 0.717) is 24.5 Å². The van der Waals surface area contributed by atoms with Crippen LogP contribution in [0.3, 0.4) is 0 Å². The van der Waals surface area contributed by atoms with E-state index in [2.05, 4.69) is 22.3 Å². The third kappa shape index (κ3) is 5.56. The van der Waals surface area contributed by atoms with Gasteiger partial charge in [0.05, 0.1) is 6.26 Å². The van der Waals surface area contributed by atoms with Crippen LogP contribution in [0.2, 0.25) is 0 Å². The van der Waals surface area contributed by atoms with Crippen molar-refractivity contribution in [3.63, 3.8) is 0 Å². The molecule has 166 valence electrons. The minimum atomic E-state index is -0.584. The SMILES string of the molecule is C[C@@H](Oc1ccc(NC(=O)c2ccco2)cc1)C(=O)N1CCN(Cc2ccccc2)CC1. The van der Waals surface area contributed by atoms with Gasteiger partial charge in [-0.05, 0) is 48.9 Å². The lowest BCUT2D eigenvalue weighted by atomic mass is 10.2. The fourth-order valence-corrected chi connectivity index (χ4v) is 3.70. The number of hydrogen-bond acceptors (Lipinski definition) is 5. The second-order valence-electron chi connectivity index (χ2n) is 7.80. The van der Waals surface area contributed by atoms with Gasteiger partial charge in [0.15, 0.2) is 11.9 Å². The average molecular weight is 434 g/mol. The van der Waals surface area contributed by atoms with E-state index in [1.54, 1.807) is 43.3 Å². The summed E-state index contributed by atoms with van der Waals surface area (Å²) in [4.78, 5) is 29.1. The van der Waals surface area contributed by atoms with Gasteiger partial charge in [-0.15, -0.1) is 0 Å². The van der Waals surface area contributed by atoms with Gasteiger partial charge in [-0.2, -0.15) is 0 Å². The van der Waals surface area contributed by atoms with Gasteiger partial charge in [0.25, 0.3) is 11.8 Å². The number of rotatable bonds is 7. The van der Waals surface area contributed by atoms with Gasteiger partial charge < -0.3 is 19.4 Å². The Morgan fingerprint density at radius 2 is 1.69 bits per heavy atom. The van der Waals surface area contributed by atoms with E-state index >= 15 is 0 Å². The molecule has 1 fully saturated rings. The Hall–Kier alpha value is -3.58. The number of carbonyl (C=O) groups excluding carboxylic acids is 2. The Morgan fingerprint density at radius 3 is 2.34 bits per heavy atom. The summed E-state index contributed by atoms with van der Waals surface area (Å²) in [6, 6.07) is 20.6. The average Bonchev–Trinajstić information content (AvgIpc) is 3.36. The third-order valence-electron chi connectivity index (χ3n) is 5.45. The molecule has 0 saturated carbocycles. The highest BCUT2D eigenvalue weighted by Crippen LogP contribution is 2.19. The van der Waals surface area contributed by atoms with Crippen LogP contribution in [-0.2, 0) is 11.3 Å². The first kappa shape index (κ1) is 21.6. The molecule has 1 aliphatic rings. The summed E-state index contributed by atoms with van der Waals surface area (Å²) in [6.07, 6.45) is 0.868. The highest BCUT2D eigenvalue weighted by atomic mass is 16.5. The zero-order valence-electron chi connectivity index (χ0n) is 18.1. The number of carbonyl (C=O) groups is 2. The first-order chi connectivity index (χ1) is 15.6. The lowest BCUT2D eigenvalue weighted by molar-refractivity contribution is -0.139. The van der Waals surface area contributed by atoms with Crippen molar-refractivity contribution >= 4 is 17.5 Å². The molecule has 1 aliphatic heterocycles. The fraction of sp³-hybridized carbons (Fsp3) is 0.280. The third-order valence-corrected chi connectivity index (χ3v) is 5.45. The molecule has 7 nitrogen and oxygen atoms in total. The summed E-state index contributed by atoms with van der Waals surface area (Å²) in [5.41, 5.74) is 1.90. The highest BCUT2D eigenvalue weighted by Gasteiger charge is 2.26. The number of amides is 2. The molecule has 1 N–H and O–H groups in total. The van der Waals surface area contributed by atoms with Crippen molar-refractivity contribution in [1.29, 1.82) is 0 Å². The Balaban J connectivity index is 1.24. The first-order valence-electron chi connectivity index (χ1n) is 10.7. The second-order valence-corrected chi connectivity index (χ2v) is 7.80. The van der Waals surface area contributed by atoms with Crippen molar-refractivity contribution in [1.82, 2.24) is 9.80 Å². The van der Waals surface area contributed by atoms with Gasteiger partial charge >= 0.3 is 0 Å². The van der Waals surface area contributed by atoms with E-state index in [1.165, 1.54) is 11.8 Å². The Morgan fingerprint density at radius 1 is 0.969 bits per heavy atom. The smallest absolute Gasteiger partial charge is 0.291 e. The number of nitrogens with zero attached hydrogens (tertiary/aromatic N) is 2. The van der Waals surface area contributed by atoms with Crippen LogP contribution in [0.5, 0.6) is 5.75 Å². The number of hydrogen-bond donors (Lipinski definition) is 1. The molecule has 1 atom stereocenters. The maximum absolute atomic E-state index is 12.8. The first-order valence-corrected chi connectivity index (χ1v) is 10.7. The molecule has 3 aromatic rings. The normalized spacial score (nSPS) is 15.2. The van der Waals surface area contributed by atoms with Gasteiger partial charge in [-0.3, -0.25) is 14.5 Å². The Labute approximate surface area is 187 Å². The minimum Gasteiger partial charge on any atom is -0.481 e. The molecule has 2 heterocycles. The van der Waals surface area contributed by atoms with Crippen molar-refractivity contribution in [3.8, 4) is 5.75 Å². The summed E-state index contributed by atoms with van der Waals surface area (Å²) in [5, 5.41) is 2.75. The molecular formula is C25H27N3O4. The molecule has 2 amide bonds. The van der Waals surface area contributed by atoms with Crippen molar-refractivity contribution in [2.45, 2.75) is 19.6 Å². The number of piperazine rings is 1. The molecule has 0 bridgehead atoms. The van der Waals surface area contributed by atoms with Crippen LogP contribution < -0.4 is 10.1 Å². The van der Waals surface area contributed by atoms with Crippen LogP contribution in [0, 0.1) is 0 Å². The predicted molar refractivity (Wildman–Crippen MR) is 121 cm³/mol. The molecule has 0 aliphatic carbocycles. The van der Waals surface area contributed by atoms with Crippen LogP contribution in [0.4, 0.5) is 5.69 Å². The van der Waals surface area contributed by atoms with Crippen LogP contribution in [-0.4, -0.2) is 53.9 Å². The Kier molecular flexibility index (Phi) is 6.87. The van der Waals surface area contributed by atoms with Crippen molar-refractivity contribution in [2.75, 3.05) is 31.5 Å². The molecule has 0 radical (unpaired) electrons. The number of benzene rings is 2. The molecule has 32 heavy (non-hydrogen) atoms. The summed E-state index contributed by atoms with van der Waals surface area (Å²) in [7, 11) is 0. The van der Waals surface area contributed by atoms with Crippen molar-refractivity contribution < 1.29 is 18.7 Å². The van der Waals surface area contributed by atoms with Gasteiger partial charge in [0.2, 0.25) is 0 Å². The van der Waals surface area contributed by atoms with E-state index in [9.17, 15) is 9.59 Å². The molecule has 4 rings (SSSR count). The van der Waals surface area contributed by atoms with Gasteiger partial charge in [0.1, 0.15) is 5.75 Å². The molecular weight excluding hydrogens is 406 g/mol. The number of furan rings is 1. The zero-order valence-corrected chi connectivity index (χ0v) is 18.1. The minimum absolute atomic E-state index is 0.0143. The molecule has 0 spiro atoms. The molecule has 2 aromatic carbocycles. The molecule has 7 heteroatoms. The fourth-order valence-electron chi connectivity index (χ4n) is 3.70. The van der Waals surface area contributed by atoms with Crippen molar-refractivity contribution in [3.05, 3.63) is 84.3 Å². The predicted octanol–water partition coefficient (Wildman–Crippen LogP) is 3.64. The maximum Gasteiger partial charge on any atom is 0.291 e. The number of nitrogens with one attached hydrogen (secondary N) is 1. The highest BCUT2D eigenvalue weighted by molar-refractivity contribution is 6.02. The van der Waals surface area contributed by atoms with E-state index in [1.807, 2.05) is 23.1 Å². The lowest BCUT2D eigenvalue weighted by Gasteiger charge is -2.35. The maximum atomic E-state index is 12.8. The summed E-state index contributed by atoms with van der Waals surface area (Å²) in [5.74, 6) is 0.483. The van der Waals surface area contributed by atoms with E-state index < -0.39 is 6.10 Å². The van der Waals surface area contributed by atoms with E-state index in [0.717, 1.165) is 19.6 Å². The molecule has 0 unspecified atom stereocenters. The zero-order chi connectivity index (χ0) is 22.3. The van der Waals surface area contributed by atoms with Gasteiger partial charge in [-0.1, -0.05) is 30.3 Å². The second kappa shape index (κ2) is 10.2. The topological polar surface area (TPSA) is 75.0 Å². The largest absolute Gasteiger partial charge is 0.481 e.